The van der Waals surface area contributed by atoms with Crippen LogP contribution in [0.25, 0.3) is 0 Å². The number of carbonyl (C=O) groups is 1. The third kappa shape index (κ3) is 7.80. The summed E-state index contributed by atoms with van der Waals surface area (Å²) in [6, 6.07) is -18.9. The first kappa shape index (κ1) is 14.2. The van der Waals surface area contributed by atoms with Gasteiger partial charge in [0.25, 0.3) is 0 Å². The van der Waals surface area contributed by atoms with Gasteiger partial charge in [-0.25, -0.2) is 13.2 Å². The van der Waals surface area contributed by atoms with E-state index in [0.717, 1.165) is 12.3 Å². The maximum Gasteiger partial charge on any atom is 0.408 e. The minimum atomic E-state index is -6.03. The zero-order valence-electron chi connectivity index (χ0n) is 44.6. The summed E-state index contributed by atoms with van der Waals surface area (Å²) in [4.78, 5) is 11.5. The van der Waals surface area contributed by atoms with Gasteiger partial charge in [-0.15, -0.1) is 0 Å². The third-order valence-electron chi connectivity index (χ3n) is 5.79. The molecule has 2 heterocycles. The van der Waals surface area contributed by atoms with Crippen molar-refractivity contribution < 1.29 is 72.5 Å². The molecule has 0 spiro atoms. The average Bonchev–Trinajstić information content (AvgIpc) is 3.79. The summed E-state index contributed by atoms with van der Waals surface area (Å²) >= 11 is 0. The normalized spacial score (nSPS) is 31.4. The molecule has 1 unspecified atom stereocenters. The molecule has 0 radical (unpaired) electrons. The number of fused-ring (bicyclic) bond motifs is 1. The largest absolute Gasteiger partial charge is 0.497 e. The van der Waals surface area contributed by atoms with Crippen LogP contribution in [0.1, 0.15) is 63.3 Å². The van der Waals surface area contributed by atoms with Crippen LogP contribution in [-0.4, -0.2) is 91.2 Å². The number of sulfonamides is 1. The van der Waals surface area contributed by atoms with E-state index in [0.29, 0.717) is 0 Å². The predicted molar refractivity (Wildman–Crippen MR) is 159 cm³/mol. The highest BCUT2D eigenvalue weighted by atomic mass is 32.2. The number of amides is 1. The second-order valence-electron chi connectivity index (χ2n) is 9.27. The first-order chi connectivity index (χ1) is 29.3. The van der Waals surface area contributed by atoms with Crippen LogP contribution >= 0.6 is 0 Å². The lowest BCUT2D eigenvalue weighted by Crippen LogP contribution is -2.57. The maximum absolute atomic E-state index is 14.7. The van der Waals surface area contributed by atoms with Crippen molar-refractivity contribution in [2.45, 2.75) is 69.3 Å². The Balaban J connectivity index is 2.17. The molecule has 5 atom stereocenters. The molecule has 11 nitrogen and oxygen atoms in total. The topological polar surface area (TPSA) is 135 Å². The number of hydrogen-bond acceptors (Lipinski definition) is 8. The Bertz CT molecular complexity index is 2270. The zero-order chi connectivity index (χ0) is 50.3. The molecule has 0 bridgehead atoms. The molecule has 1 saturated heterocycles. The second-order valence-corrected chi connectivity index (χ2v) is 11.1. The number of benzene rings is 2. The lowest BCUT2D eigenvalue weighted by atomic mass is 9.94. The van der Waals surface area contributed by atoms with Crippen molar-refractivity contribution in [3.8, 4) is 11.5 Å². The molecular weight excluding hydrogens is 576 g/mol. The number of aliphatic hydroxyl groups is 1. The van der Waals surface area contributed by atoms with E-state index < -0.39 is 180 Å². The van der Waals surface area contributed by atoms with Crippen molar-refractivity contribution in [3.63, 3.8) is 0 Å². The minimum absolute atomic E-state index is 0.390. The Morgan fingerprint density at radius 1 is 1.19 bits per heavy atom. The van der Waals surface area contributed by atoms with Crippen LogP contribution in [0.3, 0.4) is 0 Å². The Morgan fingerprint density at radius 3 is 2.51 bits per heavy atom. The Morgan fingerprint density at radius 2 is 1.88 bits per heavy atom. The quantitative estimate of drug-likeness (QED) is 0.315. The number of rotatable bonds is 14. The van der Waals surface area contributed by atoms with E-state index in [1.165, 1.54) is 13.8 Å². The van der Waals surface area contributed by atoms with Crippen LogP contribution in [0.4, 0.5) is 4.79 Å². The van der Waals surface area contributed by atoms with Gasteiger partial charge in [0, 0.05) is 26.7 Å². The number of nitrogens with zero attached hydrogens (tertiary/aromatic N) is 2. The average molecular weight is 641 g/mol. The number of hydrogen-bond donors (Lipinski definition) is 2. The molecule has 43 heavy (non-hydrogen) atoms. The lowest BCUT2D eigenvalue weighted by Gasteiger charge is -2.39. The number of carboxylic acid groups (broad SMARTS) is 1. The molecule has 4 rings (SSSR count). The van der Waals surface area contributed by atoms with Crippen LogP contribution in [-0.2, 0) is 25.9 Å². The van der Waals surface area contributed by atoms with Gasteiger partial charge in [0.05, 0.1) is 71.4 Å². The van der Waals surface area contributed by atoms with Crippen LogP contribution < -0.4 is 9.47 Å². The van der Waals surface area contributed by atoms with Crippen LogP contribution in [0.5, 0.6) is 11.5 Å². The summed E-state index contributed by atoms with van der Waals surface area (Å²) in [7, 11) is -7.01. The number of ether oxygens (including phenoxy) is 4. The molecule has 2 N–H and O–H groups in total. The molecule has 0 aliphatic carbocycles. The van der Waals surface area contributed by atoms with Crippen molar-refractivity contribution in [1.29, 1.82) is 0 Å². The summed E-state index contributed by atoms with van der Waals surface area (Å²) < 4.78 is 235. The number of methoxy groups -OCH3 is 1. The van der Waals surface area contributed by atoms with Gasteiger partial charge >= 0.3 is 6.09 Å². The highest BCUT2D eigenvalue weighted by Gasteiger charge is 2.48. The molecule has 2 aromatic carbocycles. The Labute approximate surface area is 284 Å². The van der Waals surface area contributed by atoms with Crippen LogP contribution in [0.2, 0.25) is 0 Å². The van der Waals surface area contributed by atoms with E-state index in [4.69, 9.17) is 40.9 Å². The third-order valence-corrected chi connectivity index (χ3v) is 7.33. The molecule has 236 valence electrons. The molecule has 2 aromatic rings. The molecule has 0 saturated carbocycles. The molecule has 0 aromatic heterocycles. The van der Waals surface area contributed by atoms with Crippen molar-refractivity contribution >= 4 is 16.1 Å². The molecule has 12 heteroatoms. The van der Waals surface area contributed by atoms with Crippen LogP contribution in [0.15, 0.2) is 65.6 Å². The molecule has 1 fully saturated rings. The van der Waals surface area contributed by atoms with Crippen LogP contribution in [0, 0.1) is 11.8 Å². The summed E-state index contributed by atoms with van der Waals surface area (Å²) in [6.07, 6.45) is -15.3. The Kier molecular flexibility index (Phi) is 4.61. The minimum Gasteiger partial charge on any atom is -0.497 e. The van der Waals surface area contributed by atoms with Gasteiger partial charge < -0.3 is 29.2 Å². The van der Waals surface area contributed by atoms with E-state index in [2.05, 4.69) is 0 Å². The molecule has 1 amide bonds. The van der Waals surface area contributed by atoms with E-state index in [1.807, 2.05) is 0 Å². The summed E-state index contributed by atoms with van der Waals surface area (Å²) in [6.45, 7) is -12.1. The van der Waals surface area contributed by atoms with E-state index in [-0.39, 0.29) is 4.90 Å². The van der Waals surface area contributed by atoms with E-state index >= 15 is 0 Å². The van der Waals surface area contributed by atoms with E-state index in [1.54, 1.807) is 0 Å². The fraction of sp³-hybridized carbons (Fsp3) is 0.516. The van der Waals surface area contributed by atoms with Crippen molar-refractivity contribution in [2.24, 2.45) is 11.8 Å². The predicted octanol–water partition coefficient (Wildman–Crippen LogP) is 3.97. The van der Waals surface area contributed by atoms with Gasteiger partial charge in [-0.05, 0) is 73.9 Å². The fourth-order valence-electron chi connectivity index (χ4n) is 3.99. The first-order valence-corrected chi connectivity index (χ1v) is 13.8. The van der Waals surface area contributed by atoms with E-state index in [9.17, 15) is 31.6 Å². The standard InChI is InChI=1S/C31H42N2O9S/c1-20(2)17-32(43(37,38)25-12-10-23(39-5)11-13-25)18-29(34)27(16-22-6-8-24(9-7-22)42-21(3)4)33(31(35)36)28-19-41-30-26(28)14-15-40-30/h6-15,20-21,26-30,34H,16-19H2,1-5H3,(H,35,36)/t26-,27-,28?,29+,30-/m0/s1/i3D3,4D3,5D,6D,7D,8D,9D,10D,11D,12D,13D,16D2,18D2,21D,27D,29D. The smallest absolute Gasteiger partial charge is 0.408 e. The lowest BCUT2D eigenvalue weighted by molar-refractivity contribution is -0.0690. The van der Waals surface area contributed by atoms with Gasteiger partial charge in [0.15, 0.2) is 0 Å². The highest BCUT2D eigenvalue weighted by Crippen LogP contribution is 2.34. The molecule has 2 aliphatic heterocycles. The second kappa shape index (κ2) is 14.0. The first-order valence-electron chi connectivity index (χ1n) is 23.5. The van der Waals surface area contributed by atoms with Gasteiger partial charge in [-0.2, -0.15) is 4.31 Å². The monoisotopic (exact) mass is 640 g/mol. The van der Waals surface area contributed by atoms with Gasteiger partial charge in [-0.3, -0.25) is 4.90 Å². The SMILES string of the molecule is [2H]COc1c([2H])c([2H])c(S(=O)(=O)N(CC(C)C)C([2H])([2H])[C@@]([2H])(O)[C@@]([2H])(N(C(=O)O)C2CO[C@@H]3OC=C[C@@H]23)C([2H])([2H])c2c([2H])c([2H])c(OC([2H])(C([2H])([2H])[2H])C([2H])([2H])[2H])c([2H])c2[2H])c([2H])c1[2H]. The van der Waals surface area contributed by atoms with Gasteiger partial charge in [0.1, 0.15) is 11.5 Å². The van der Waals surface area contributed by atoms with Crippen molar-refractivity contribution in [2.75, 3.05) is 26.7 Å². The maximum atomic E-state index is 14.7. The summed E-state index contributed by atoms with van der Waals surface area (Å²) in [5, 5.41) is 23.4. The van der Waals surface area contributed by atoms with Crippen molar-refractivity contribution in [1.82, 2.24) is 9.21 Å². The Hall–Kier alpha value is -3.32. The summed E-state index contributed by atoms with van der Waals surface area (Å²) in [5.74, 6) is -4.99. The van der Waals surface area contributed by atoms with Gasteiger partial charge in [0.2, 0.25) is 16.3 Å². The molecular formula is C31H42N2O9S. The van der Waals surface area contributed by atoms with Gasteiger partial charge in [-0.1, -0.05) is 25.9 Å². The zero-order valence-corrected chi connectivity index (χ0v) is 23.5. The van der Waals surface area contributed by atoms with Crippen molar-refractivity contribution in [3.05, 3.63) is 66.2 Å². The summed E-state index contributed by atoms with van der Waals surface area (Å²) in [5.41, 5.74) is -1.81. The molecule has 2 aliphatic rings. The fourth-order valence-corrected chi connectivity index (χ4v) is 5.27. The highest BCUT2D eigenvalue weighted by molar-refractivity contribution is 7.89.